The van der Waals surface area contributed by atoms with Crippen molar-refractivity contribution in [2.24, 2.45) is 0 Å². The van der Waals surface area contributed by atoms with Crippen LogP contribution in [-0.2, 0) is 0 Å². The molecule has 0 atom stereocenters. The molecule has 0 unspecified atom stereocenters. The van der Waals surface area contributed by atoms with Gasteiger partial charge in [-0.3, -0.25) is 4.79 Å². The monoisotopic (exact) mass is 450 g/mol. The lowest BCUT2D eigenvalue weighted by molar-refractivity contribution is 0.102. The number of alkyl halides is 1. The van der Waals surface area contributed by atoms with Crippen LogP contribution >= 0.6 is 31.9 Å². The molecule has 0 aromatic heterocycles. The fourth-order valence-electron chi connectivity index (χ4n) is 1.33. The number of Topliss-reactive ketones (excluding diaryl/α,β-unsaturated/α-hetero) is 1. The smallest absolute Gasteiger partial charge is 0.409 e. The fraction of sp³-hybridized carbons (Fsp3) is 0.357. The Balaban J connectivity index is 3.30. The molecule has 7 nitrogen and oxygen atoms in total. The number of nitrogens with zero attached hydrogens (tertiary/aromatic N) is 2. The zero-order chi connectivity index (χ0) is 17.7. The average Bonchev–Trinajstić information content (AvgIpc) is 2.49. The fourth-order valence-corrected chi connectivity index (χ4v) is 2.04. The molecule has 0 N–H and O–H groups in total. The summed E-state index contributed by atoms with van der Waals surface area (Å²) in [4.78, 5) is 37.8. The van der Waals surface area contributed by atoms with Crippen LogP contribution in [0.5, 0.6) is 11.5 Å². The topological polar surface area (TPSA) is 76.1 Å². The molecule has 0 radical (unpaired) electrons. The molecule has 9 heteroatoms. The highest BCUT2D eigenvalue weighted by Gasteiger charge is 2.20. The zero-order valence-electron chi connectivity index (χ0n) is 13.1. The molecule has 23 heavy (non-hydrogen) atoms. The number of carbonyl (C=O) groups is 3. The number of ether oxygens (including phenoxy) is 2. The van der Waals surface area contributed by atoms with E-state index in [-0.39, 0.29) is 32.6 Å². The van der Waals surface area contributed by atoms with E-state index in [9.17, 15) is 14.4 Å². The van der Waals surface area contributed by atoms with Gasteiger partial charge in [-0.2, -0.15) is 0 Å². The quantitative estimate of drug-likeness (QED) is 0.519. The number of carbonyl (C=O) groups excluding carboxylic acids is 3. The number of benzene rings is 1. The second-order valence-corrected chi connectivity index (χ2v) is 6.22. The van der Waals surface area contributed by atoms with Gasteiger partial charge in [-0.1, -0.05) is 15.9 Å². The van der Waals surface area contributed by atoms with Crippen molar-refractivity contribution in [3.8, 4) is 11.5 Å². The molecular weight excluding hydrogens is 436 g/mol. The Morgan fingerprint density at radius 3 is 1.65 bits per heavy atom. The molecule has 0 aliphatic rings. The summed E-state index contributed by atoms with van der Waals surface area (Å²) in [5.74, 6) is -0.0871. The molecule has 0 fully saturated rings. The van der Waals surface area contributed by atoms with Crippen molar-refractivity contribution in [1.29, 1.82) is 0 Å². The summed E-state index contributed by atoms with van der Waals surface area (Å²) in [5.41, 5.74) is 0.244. The highest BCUT2D eigenvalue weighted by Crippen LogP contribution is 2.37. The number of rotatable bonds is 4. The molecule has 0 aliphatic heterocycles. The maximum atomic E-state index is 11.9. The first kappa shape index (κ1) is 19.4. The number of hydrogen-bond donors (Lipinski definition) is 0. The lowest BCUT2D eigenvalue weighted by atomic mass is 10.1. The van der Waals surface area contributed by atoms with Crippen LogP contribution in [0.2, 0.25) is 0 Å². The predicted octanol–water partition coefficient (Wildman–Crippen LogP) is 3.15. The normalized spacial score (nSPS) is 10.0. The van der Waals surface area contributed by atoms with Gasteiger partial charge in [0.15, 0.2) is 17.3 Å². The van der Waals surface area contributed by atoms with Gasteiger partial charge in [-0.25, -0.2) is 9.59 Å². The van der Waals surface area contributed by atoms with Crippen LogP contribution < -0.4 is 9.47 Å². The minimum atomic E-state index is -0.626. The SMILES string of the molecule is CN(C)C(=O)Oc1cc(C(=O)CBr)cc(OC(=O)N(C)C)c1Br. The minimum Gasteiger partial charge on any atom is -0.409 e. The van der Waals surface area contributed by atoms with Gasteiger partial charge in [-0.15, -0.1) is 0 Å². The largest absolute Gasteiger partial charge is 0.414 e. The summed E-state index contributed by atoms with van der Waals surface area (Å²) in [5, 5.41) is 0.0801. The first-order chi connectivity index (χ1) is 10.7. The lowest BCUT2D eigenvalue weighted by Gasteiger charge is -2.16. The number of hydrogen-bond acceptors (Lipinski definition) is 5. The summed E-state index contributed by atoms with van der Waals surface area (Å²) in [7, 11) is 6.10. The van der Waals surface area contributed by atoms with E-state index in [0.717, 1.165) is 0 Å². The van der Waals surface area contributed by atoms with Crippen LogP contribution in [0.15, 0.2) is 16.6 Å². The van der Waals surface area contributed by atoms with Crippen molar-refractivity contribution in [2.45, 2.75) is 0 Å². The second-order valence-electron chi connectivity index (χ2n) is 4.87. The van der Waals surface area contributed by atoms with Crippen LogP contribution in [0.25, 0.3) is 0 Å². The number of halogens is 2. The van der Waals surface area contributed by atoms with Crippen LogP contribution in [0, 0.1) is 0 Å². The third kappa shape index (κ3) is 5.21. The summed E-state index contributed by atoms with van der Waals surface area (Å²) in [6, 6.07) is 2.81. The maximum absolute atomic E-state index is 11.9. The molecule has 0 bridgehead atoms. The third-order valence-electron chi connectivity index (χ3n) is 2.57. The van der Waals surface area contributed by atoms with E-state index < -0.39 is 12.2 Å². The molecule has 0 heterocycles. The van der Waals surface area contributed by atoms with Crippen LogP contribution in [0.3, 0.4) is 0 Å². The molecule has 1 rings (SSSR count). The van der Waals surface area contributed by atoms with Gasteiger partial charge >= 0.3 is 12.2 Å². The minimum absolute atomic E-state index is 0.0801. The predicted molar refractivity (Wildman–Crippen MR) is 91.7 cm³/mol. The molecule has 0 saturated heterocycles. The van der Waals surface area contributed by atoms with Crippen molar-refractivity contribution in [3.63, 3.8) is 0 Å². The van der Waals surface area contributed by atoms with E-state index >= 15 is 0 Å². The molecular formula is C14H16Br2N2O5. The van der Waals surface area contributed by atoms with Crippen molar-refractivity contribution in [3.05, 3.63) is 22.2 Å². The van der Waals surface area contributed by atoms with E-state index in [1.165, 1.54) is 50.1 Å². The number of ketones is 1. The molecule has 0 spiro atoms. The Hall–Kier alpha value is -1.61. The summed E-state index contributed by atoms with van der Waals surface area (Å²) in [6.07, 6.45) is -1.25. The summed E-state index contributed by atoms with van der Waals surface area (Å²) in [6.45, 7) is 0. The molecule has 2 amide bonds. The van der Waals surface area contributed by atoms with Gasteiger partial charge < -0.3 is 19.3 Å². The average molecular weight is 452 g/mol. The van der Waals surface area contributed by atoms with Crippen molar-refractivity contribution >= 4 is 49.8 Å². The van der Waals surface area contributed by atoms with Gasteiger partial charge in [0.2, 0.25) is 0 Å². The molecule has 126 valence electrons. The molecule has 0 aliphatic carbocycles. The van der Waals surface area contributed by atoms with Crippen LogP contribution in [0.4, 0.5) is 9.59 Å². The summed E-state index contributed by atoms with van der Waals surface area (Å²) >= 11 is 6.30. The Morgan fingerprint density at radius 2 is 1.35 bits per heavy atom. The standard InChI is InChI=1S/C14H16Br2N2O5/c1-17(2)13(20)22-10-5-8(9(19)7-15)6-11(12(10)16)23-14(21)18(3)4/h5-6H,7H2,1-4H3. The van der Waals surface area contributed by atoms with Crippen LogP contribution in [-0.4, -0.2) is 61.3 Å². The van der Waals surface area contributed by atoms with Gasteiger partial charge in [0.05, 0.1) is 5.33 Å². The zero-order valence-corrected chi connectivity index (χ0v) is 16.2. The van der Waals surface area contributed by atoms with Gasteiger partial charge in [0, 0.05) is 33.8 Å². The van der Waals surface area contributed by atoms with Gasteiger partial charge in [0.1, 0.15) is 4.47 Å². The van der Waals surface area contributed by atoms with Gasteiger partial charge in [0.25, 0.3) is 0 Å². The molecule has 1 aromatic carbocycles. The maximum Gasteiger partial charge on any atom is 0.414 e. The van der Waals surface area contributed by atoms with E-state index in [4.69, 9.17) is 9.47 Å². The lowest BCUT2D eigenvalue weighted by Crippen LogP contribution is -2.26. The molecule has 1 aromatic rings. The Morgan fingerprint density at radius 1 is 0.957 bits per heavy atom. The van der Waals surface area contributed by atoms with E-state index in [0.29, 0.717) is 0 Å². The van der Waals surface area contributed by atoms with Crippen molar-refractivity contribution in [2.75, 3.05) is 33.5 Å². The van der Waals surface area contributed by atoms with Crippen LogP contribution in [0.1, 0.15) is 10.4 Å². The first-order valence-electron chi connectivity index (χ1n) is 6.38. The molecule has 0 saturated carbocycles. The third-order valence-corrected chi connectivity index (χ3v) is 3.86. The van der Waals surface area contributed by atoms with Crippen molar-refractivity contribution < 1.29 is 23.9 Å². The Labute approximate surface area is 150 Å². The van der Waals surface area contributed by atoms with E-state index in [1.807, 2.05) is 0 Å². The second kappa shape index (κ2) is 8.30. The number of amides is 2. The first-order valence-corrected chi connectivity index (χ1v) is 8.29. The van der Waals surface area contributed by atoms with E-state index in [1.54, 1.807) is 0 Å². The van der Waals surface area contributed by atoms with Gasteiger partial charge in [-0.05, 0) is 28.1 Å². The van der Waals surface area contributed by atoms with Crippen molar-refractivity contribution in [1.82, 2.24) is 9.80 Å². The highest BCUT2D eigenvalue weighted by molar-refractivity contribution is 9.10. The van der Waals surface area contributed by atoms with E-state index in [2.05, 4.69) is 31.9 Å². The Bertz CT molecular complexity index is 589. The Kier molecular flexibility index (Phi) is 7.01. The highest BCUT2D eigenvalue weighted by atomic mass is 79.9. The summed E-state index contributed by atoms with van der Waals surface area (Å²) < 4.78 is 10.6.